The Labute approximate surface area is 187 Å². The second-order valence-corrected chi connectivity index (χ2v) is 10.1. The molecule has 0 unspecified atom stereocenters. The van der Waals surface area contributed by atoms with E-state index in [-0.39, 0.29) is 25.0 Å². The van der Waals surface area contributed by atoms with E-state index in [0.29, 0.717) is 24.0 Å². The van der Waals surface area contributed by atoms with Gasteiger partial charge in [-0.1, -0.05) is 71.9 Å². The van der Waals surface area contributed by atoms with Crippen molar-refractivity contribution in [2.75, 3.05) is 26.4 Å². The molecule has 2 aromatic carbocycles. The van der Waals surface area contributed by atoms with Gasteiger partial charge in [0.2, 0.25) is 0 Å². The number of hydrogen-bond acceptors (Lipinski definition) is 5. The minimum atomic E-state index is -3.90. The summed E-state index contributed by atoms with van der Waals surface area (Å²) in [5.74, 6) is 1.23. The van der Waals surface area contributed by atoms with Crippen molar-refractivity contribution in [2.45, 2.75) is 64.2 Å². The minimum Gasteiger partial charge on any atom is -0.491 e. The number of rotatable bonds is 12. The maximum atomic E-state index is 13.1. The van der Waals surface area contributed by atoms with E-state index >= 15 is 0 Å². The van der Waals surface area contributed by atoms with Crippen LogP contribution in [0.4, 0.5) is 0 Å². The average molecular weight is 449 g/mol. The van der Waals surface area contributed by atoms with Crippen LogP contribution in [0.5, 0.6) is 5.75 Å². The van der Waals surface area contributed by atoms with Crippen LogP contribution in [0.3, 0.4) is 0 Å². The third-order valence-electron chi connectivity index (χ3n) is 5.04. The van der Waals surface area contributed by atoms with E-state index in [0.717, 1.165) is 22.4 Å². The highest BCUT2D eigenvalue weighted by Gasteiger charge is 2.27. The van der Waals surface area contributed by atoms with Gasteiger partial charge < -0.3 is 9.47 Å². The molecule has 0 heterocycles. The van der Waals surface area contributed by atoms with Crippen molar-refractivity contribution in [1.29, 1.82) is 0 Å². The molecule has 5 nitrogen and oxygen atoms in total. The lowest BCUT2D eigenvalue weighted by molar-refractivity contribution is 0.0778. The fourth-order valence-corrected chi connectivity index (χ4v) is 4.85. The summed E-state index contributed by atoms with van der Waals surface area (Å²) in [5, 5.41) is 0. The lowest BCUT2D eigenvalue weighted by Crippen LogP contribution is -2.18. The van der Waals surface area contributed by atoms with Gasteiger partial charge in [-0.2, -0.15) is 8.42 Å². The largest absolute Gasteiger partial charge is 0.491 e. The van der Waals surface area contributed by atoms with E-state index in [2.05, 4.69) is 13.8 Å². The van der Waals surface area contributed by atoms with Crippen molar-refractivity contribution in [3.8, 4) is 5.75 Å². The SMILES string of the molecule is CC(C)c1cc(C(C)C)c(S(=O)(=O)OCCOCCOc2ccccc2)c(C(C)C)c1. The van der Waals surface area contributed by atoms with Crippen LogP contribution in [0.15, 0.2) is 47.4 Å². The molecule has 0 aliphatic carbocycles. The Morgan fingerprint density at radius 1 is 0.742 bits per heavy atom. The molecule has 0 radical (unpaired) electrons. The zero-order chi connectivity index (χ0) is 23.0. The van der Waals surface area contributed by atoms with Gasteiger partial charge in [-0.3, -0.25) is 4.18 Å². The molecular formula is C25H36O5S. The van der Waals surface area contributed by atoms with E-state index in [9.17, 15) is 8.42 Å². The van der Waals surface area contributed by atoms with E-state index < -0.39 is 10.1 Å². The summed E-state index contributed by atoms with van der Waals surface area (Å²) in [6.07, 6.45) is 0. The van der Waals surface area contributed by atoms with Crippen molar-refractivity contribution in [3.63, 3.8) is 0 Å². The molecule has 2 rings (SSSR count). The first-order valence-electron chi connectivity index (χ1n) is 11.0. The predicted molar refractivity (Wildman–Crippen MR) is 125 cm³/mol. The van der Waals surface area contributed by atoms with Crippen LogP contribution in [0.1, 0.15) is 76.0 Å². The van der Waals surface area contributed by atoms with Gasteiger partial charge in [-0.25, -0.2) is 0 Å². The normalized spacial score (nSPS) is 12.2. The summed E-state index contributed by atoms with van der Waals surface area (Å²) in [6, 6.07) is 13.5. The maximum Gasteiger partial charge on any atom is 0.297 e. The summed E-state index contributed by atoms with van der Waals surface area (Å²) in [7, 11) is -3.90. The van der Waals surface area contributed by atoms with Gasteiger partial charge in [0.15, 0.2) is 0 Å². The molecule has 2 aromatic rings. The highest BCUT2D eigenvalue weighted by atomic mass is 32.2. The highest BCUT2D eigenvalue weighted by molar-refractivity contribution is 7.86. The standard InChI is InChI=1S/C25H36O5S/c1-18(2)21-16-23(19(3)4)25(24(17-21)20(5)6)31(26,27)30-15-13-28-12-14-29-22-10-8-7-9-11-22/h7-11,16-20H,12-15H2,1-6H3. The molecule has 0 N–H and O–H groups in total. The Bertz CT molecular complexity index is 889. The average Bonchev–Trinajstić information content (AvgIpc) is 2.72. The zero-order valence-electron chi connectivity index (χ0n) is 19.6. The Kier molecular flexibility index (Phi) is 9.54. The van der Waals surface area contributed by atoms with Crippen LogP contribution in [0, 0.1) is 0 Å². The van der Waals surface area contributed by atoms with Gasteiger partial charge in [-0.05, 0) is 46.6 Å². The molecular weight excluding hydrogens is 412 g/mol. The zero-order valence-corrected chi connectivity index (χ0v) is 20.4. The van der Waals surface area contributed by atoms with Crippen molar-refractivity contribution in [1.82, 2.24) is 0 Å². The van der Waals surface area contributed by atoms with Gasteiger partial charge >= 0.3 is 0 Å². The first kappa shape index (κ1) is 25.4. The third kappa shape index (κ3) is 7.34. The molecule has 0 amide bonds. The highest BCUT2D eigenvalue weighted by Crippen LogP contribution is 2.35. The molecule has 0 saturated carbocycles. The number of ether oxygens (including phenoxy) is 2. The summed E-state index contributed by atoms with van der Waals surface area (Å²) in [5.41, 5.74) is 2.77. The Morgan fingerprint density at radius 2 is 1.29 bits per heavy atom. The van der Waals surface area contributed by atoms with Crippen LogP contribution >= 0.6 is 0 Å². The number of hydrogen-bond donors (Lipinski definition) is 0. The summed E-state index contributed by atoms with van der Waals surface area (Å²) in [4.78, 5) is 0.314. The molecule has 0 bridgehead atoms. The van der Waals surface area contributed by atoms with Gasteiger partial charge in [0, 0.05) is 0 Å². The number of benzene rings is 2. The summed E-state index contributed by atoms with van der Waals surface area (Å²) < 4.78 is 42.7. The quantitative estimate of drug-likeness (QED) is 0.301. The number of para-hydroxylation sites is 1. The van der Waals surface area contributed by atoms with Crippen LogP contribution < -0.4 is 4.74 Å². The second kappa shape index (κ2) is 11.7. The van der Waals surface area contributed by atoms with Gasteiger partial charge in [0.25, 0.3) is 10.1 Å². The molecule has 0 aliphatic heterocycles. The Hall–Kier alpha value is -1.89. The molecule has 0 fully saturated rings. The first-order valence-corrected chi connectivity index (χ1v) is 12.4. The van der Waals surface area contributed by atoms with E-state index in [1.807, 2.05) is 70.2 Å². The summed E-state index contributed by atoms with van der Waals surface area (Å²) in [6.45, 7) is 13.2. The summed E-state index contributed by atoms with van der Waals surface area (Å²) >= 11 is 0. The van der Waals surface area contributed by atoms with Crippen molar-refractivity contribution >= 4 is 10.1 Å². The topological polar surface area (TPSA) is 61.8 Å². The molecule has 0 spiro atoms. The molecule has 31 heavy (non-hydrogen) atoms. The van der Waals surface area contributed by atoms with Crippen LogP contribution in [0.2, 0.25) is 0 Å². The molecule has 6 heteroatoms. The van der Waals surface area contributed by atoms with Gasteiger partial charge in [0.05, 0.1) is 19.8 Å². The molecule has 0 aliphatic rings. The van der Waals surface area contributed by atoms with E-state index in [4.69, 9.17) is 13.7 Å². The molecule has 172 valence electrons. The third-order valence-corrected chi connectivity index (χ3v) is 6.48. The lowest BCUT2D eigenvalue weighted by Gasteiger charge is -2.22. The minimum absolute atomic E-state index is 0.0331. The maximum absolute atomic E-state index is 13.1. The Balaban J connectivity index is 2.02. The Morgan fingerprint density at radius 3 is 1.81 bits per heavy atom. The smallest absolute Gasteiger partial charge is 0.297 e. The van der Waals surface area contributed by atoms with Crippen LogP contribution in [0.25, 0.3) is 0 Å². The van der Waals surface area contributed by atoms with E-state index in [1.54, 1.807) is 0 Å². The van der Waals surface area contributed by atoms with Crippen LogP contribution in [-0.4, -0.2) is 34.8 Å². The van der Waals surface area contributed by atoms with Gasteiger partial charge in [0.1, 0.15) is 17.3 Å². The fraction of sp³-hybridized carbons (Fsp3) is 0.520. The van der Waals surface area contributed by atoms with Crippen LogP contribution in [-0.2, 0) is 19.0 Å². The monoisotopic (exact) mass is 448 g/mol. The predicted octanol–water partition coefficient (Wildman–Crippen LogP) is 5.86. The first-order chi connectivity index (χ1) is 14.6. The van der Waals surface area contributed by atoms with Crippen molar-refractivity contribution in [2.24, 2.45) is 0 Å². The second-order valence-electron chi connectivity index (χ2n) is 8.54. The molecule has 0 atom stereocenters. The molecule has 0 saturated heterocycles. The van der Waals surface area contributed by atoms with Crippen molar-refractivity contribution < 1.29 is 22.1 Å². The van der Waals surface area contributed by atoms with E-state index in [1.165, 1.54) is 0 Å². The van der Waals surface area contributed by atoms with Crippen molar-refractivity contribution in [3.05, 3.63) is 59.2 Å². The van der Waals surface area contributed by atoms with Gasteiger partial charge in [-0.15, -0.1) is 0 Å². The molecule has 0 aromatic heterocycles. The lowest BCUT2D eigenvalue weighted by atomic mass is 9.89. The fourth-order valence-electron chi connectivity index (χ4n) is 3.28.